The summed E-state index contributed by atoms with van der Waals surface area (Å²) in [6.45, 7) is 2.52. The molecule has 1 heterocycles. The lowest BCUT2D eigenvalue weighted by molar-refractivity contribution is -0.135. The smallest absolute Gasteiger partial charge is 0.253 e. The van der Waals surface area contributed by atoms with Crippen LogP contribution in [0.15, 0.2) is 24.3 Å². The Labute approximate surface area is 147 Å². The minimum atomic E-state index is -0.0384. The minimum absolute atomic E-state index is 0.00136. The number of carbonyl (C=O) groups excluding carboxylic acids is 2. The van der Waals surface area contributed by atoms with Crippen molar-refractivity contribution < 1.29 is 9.59 Å². The molecule has 6 heteroatoms. The average molecular weight is 350 g/mol. The zero-order valence-electron chi connectivity index (χ0n) is 13.8. The van der Waals surface area contributed by atoms with Crippen molar-refractivity contribution in [2.24, 2.45) is 11.7 Å². The molecule has 1 aliphatic heterocycles. The van der Waals surface area contributed by atoms with Crippen molar-refractivity contribution in [2.75, 3.05) is 26.2 Å². The molecular weight excluding hydrogens is 326 g/mol. The minimum Gasteiger partial charge on any atom is -0.341 e. The second-order valence-electron chi connectivity index (χ2n) is 6.68. The van der Waals surface area contributed by atoms with E-state index >= 15 is 0 Å². The molecule has 2 atom stereocenters. The van der Waals surface area contributed by atoms with Crippen LogP contribution in [0.5, 0.6) is 0 Å². The summed E-state index contributed by atoms with van der Waals surface area (Å²) >= 11 is 5.88. The quantitative estimate of drug-likeness (QED) is 0.889. The molecule has 24 heavy (non-hydrogen) atoms. The summed E-state index contributed by atoms with van der Waals surface area (Å²) in [6.07, 6.45) is 3.66. The van der Waals surface area contributed by atoms with Crippen molar-refractivity contribution in [3.8, 4) is 0 Å². The lowest BCUT2D eigenvalue weighted by Gasteiger charge is -2.26. The van der Waals surface area contributed by atoms with E-state index in [4.69, 9.17) is 17.3 Å². The third-order valence-electron chi connectivity index (χ3n) is 5.07. The summed E-state index contributed by atoms with van der Waals surface area (Å²) in [6, 6.07) is 6.94. The third-order valence-corrected chi connectivity index (χ3v) is 5.32. The lowest BCUT2D eigenvalue weighted by atomic mass is 10.0. The molecule has 3 rings (SSSR count). The maximum atomic E-state index is 12.7. The van der Waals surface area contributed by atoms with Crippen molar-refractivity contribution in [3.05, 3.63) is 34.9 Å². The molecule has 0 aromatic heterocycles. The highest BCUT2D eigenvalue weighted by Gasteiger charge is 2.34. The van der Waals surface area contributed by atoms with E-state index in [1.165, 1.54) is 0 Å². The summed E-state index contributed by atoms with van der Waals surface area (Å²) in [7, 11) is 0. The van der Waals surface area contributed by atoms with Gasteiger partial charge >= 0.3 is 0 Å². The van der Waals surface area contributed by atoms with Gasteiger partial charge in [0.1, 0.15) is 0 Å². The highest BCUT2D eigenvalue weighted by Crippen LogP contribution is 2.26. The number of halogens is 1. The molecule has 1 aromatic rings. The molecule has 1 saturated carbocycles. The number of benzene rings is 1. The molecule has 2 fully saturated rings. The Morgan fingerprint density at radius 3 is 2.29 bits per heavy atom. The highest BCUT2D eigenvalue weighted by atomic mass is 35.5. The van der Waals surface area contributed by atoms with Gasteiger partial charge in [-0.2, -0.15) is 0 Å². The Bertz CT molecular complexity index is 605. The number of rotatable bonds is 2. The summed E-state index contributed by atoms with van der Waals surface area (Å²) in [5.74, 6) is 0.128. The predicted molar refractivity (Wildman–Crippen MR) is 93.9 cm³/mol. The second-order valence-corrected chi connectivity index (χ2v) is 7.12. The molecule has 2 amide bonds. The van der Waals surface area contributed by atoms with E-state index in [9.17, 15) is 9.59 Å². The predicted octanol–water partition coefficient (Wildman–Crippen LogP) is 2.14. The topological polar surface area (TPSA) is 66.6 Å². The molecule has 130 valence electrons. The van der Waals surface area contributed by atoms with Crippen LogP contribution in [0.3, 0.4) is 0 Å². The molecule has 1 saturated heterocycles. The first-order valence-electron chi connectivity index (χ1n) is 8.65. The molecule has 0 spiro atoms. The van der Waals surface area contributed by atoms with Gasteiger partial charge in [0.2, 0.25) is 5.91 Å². The average Bonchev–Trinajstić information content (AvgIpc) is 2.86. The molecule has 5 nitrogen and oxygen atoms in total. The normalized spacial score (nSPS) is 24.8. The largest absolute Gasteiger partial charge is 0.341 e. The number of nitrogens with two attached hydrogens (primary N) is 1. The molecular formula is C18H24ClN3O2. The zero-order valence-corrected chi connectivity index (χ0v) is 14.5. The van der Waals surface area contributed by atoms with Gasteiger partial charge in [-0.1, -0.05) is 18.0 Å². The summed E-state index contributed by atoms with van der Waals surface area (Å²) in [5.41, 5.74) is 6.70. The summed E-state index contributed by atoms with van der Waals surface area (Å²) < 4.78 is 0. The van der Waals surface area contributed by atoms with Crippen LogP contribution in [-0.2, 0) is 4.79 Å². The van der Waals surface area contributed by atoms with Crippen LogP contribution in [0.25, 0.3) is 0 Å². The van der Waals surface area contributed by atoms with E-state index < -0.39 is 0 Å². The Kier molecular flexibility index (Phi) is 5.41. The van der Waals surface area contributed by atoms with Crippen molar-refractivity contribution in [1.29, 1.82) is 0 Å². The van der Waals surface area contributed by atoms with Crippen LogP contribution in [0.2, 0.25) is 5.02 Å². The second kappa shape index (κ2) is 7.53. The Morgan fingerprint density at radius 2 is 1.62 bits per heavy atom. The Hall–Kier alpha value is -1.59. The van der Waals surface area contributed by atoms with Crippen LogP contribution in [-0.4, -0.2) is 53.8 Å². The van der Waals surface area contributed by atoms with E-state index in [0.29, 0.717) is 36.8 Å². The van der Waals surface area contributed by atoms with Gasteiger partial charge in [-0.15, -0.1) is 0 Å². The zero-order chi connectivity index (χ0) is 17.1. The first-order chi connectivity index (χ1) is 11.6. The fourth-order valence-electron chi connectivity index (χ4n) is 3.65. The van der Waals surface area contributed by atoms with Crippen molar-refractivity contribution >= 4 is 23.4 Å². The SMILES string of the molecule is N[C@H]1CCC[C@@H]1C(=O)N1CCCN(C(=O)c2ccc(Cl)cc2)CC1. The van der Waals surface area contributed by atoms with Gasteiger partial charge in [-0.3, -0.25) is 9.59 Å². The third kappa shape index (κ3) is 3.73. The Balaban J connectivity index is 1.61. The first kappa shape index (κ1) is 17.2. The number of nitrogens with zero attached hydrogens (tertiary/aromatic N) is 2. The van der Waals surface area contributed by atoms with Gasteiger partial charge in [0.25, 0.3) is 5.91 Å². The van der Waals surface area contributed by atoms with Crippen LogP contribution >= 0.6 is 11.6 Å². The Morgan fingerprint density at radius 1 is 0.958 bits per heavy atom. The molecule has 0 radical (unpaired) electrons. The number of amides is 2. The molecule has 1 aliphatic carbocycles. The fraction of sp³-hybridized carbons (Fsp3) is 0.556. The molecule has 1 aromatic carbocycles. The summed E-state index contributed by atoms with van der Waals surface area (Å²) in [4.78, 5) is 29.0. The molecule has 2 aliphatic rings. The highest BCUT2D eigenvalue weighted by molar-refractivity contribution is 6.30. The standard InChI is InChI=1S/C18H24ClN3O2/c19-14-7-5-13(6-8-14)17(23)21-9-2-10-22(12-11-21)18(24)15-3-1-4-16(15)20/h5-8,15-16H,1-4,9-12,20H2/t15-,16-/m0/s1. The van der Waals surface area contributed by atoms with E-state index in [1.807, 2.05) is 9.80 Å². The molecule has 0 bridgehead atoms. The van der Waals surface area contributed by atoms with E-state index in [2.05, 4.69) is 0 Å². The van der Waals surface area contributed by atoms with Crippen LogP contribution in [0.1, 0.15) is 36.0 Å². The monoisotopic (exact) mass is 349 g/mol. The fourth-order valence-corrected chi connectivity index (χ4v) is 3.77. The first-order valence-corrected chi connectivity index (χ1v) is 9.03. The van der Waals surface area contributed by atoms with E-state index in [-0.39, 0.29) is 23.8 Å². The van der Waals surface area contributed by atoms with E-state index in [1.54, 1.807) is 24.3 Å². The number of hydrogen-bond acceptors (Lipinski definition) is 3. The molecule has 0 unspecified atom stereocenters. The van der Waals surface area contributed by atoms with E-state index in [0.717, 1.165) is 25.7 Å². The molecule has 2 N–H and O–H groups in total. The van der Waals surface area contributed by atoms with Gasteiger partial charge in [-0.05, 0) is 43.5 Å². The van der Waals surface area contributed by atoms with Crippen LogP contribution in [0.4, 0.5) is 0 Å². The van der Waals surface area contributed by atoms with Crippen molar-refractivity contribution in [3.63, 3.8) is 0 Å². The number of hydrogen-bond donors (Lipinski definition) is 1. The van der Waals surface area contributed by atoms with Gasteiger partial charge in [0.15, 0.2) is 0 Å². The van der Waals surface area contributed by atoms with Crippen LogP contribution < -0.4 is 5.73 Å². The van der Waals surface area contributed by atoms with Crippen molar-refractivity contribution in [2.45, 2.75) is 31.7 Å². The lowest BCUT2D eigenvalue weighted by Crippen LogP contribution is -2.43. The van der Waals surface area contributed by atoms with Gasteiger partial charge < -0.3 is 15.5 Å². The maximum absolute atomic E-state index is 12.7. The summed E-state index contributed by atoms with van der Waals surface area (Å²) in [5, 5.41) is 0.618. The van der Waals surface area contributed by atoms with Gasteiger partial charge in [0, 0.05) is 42.8 Å². The van der Waals surface area contributed by atoms with Crippen LogP contribution in [0, 0.1) is 5.92 Å². The maximum Gasteiger partial charge on any atom is 0.253 e. The van der Waals surface area contributed by atoms with Gasteiger partial charge in [-0.25, -0.2) is 0 Å². The number of carbonyl (C=O) groups is 2. The van der Waals surface area contributed by atoms with Crippen molar-refractivity contribution in [1.82, 2.24) is 9.80 Å². The van der Waals surface area contributed by atoms with Gasteiger partial charge in [0.05, 0.1) is 5.92 Å².